The molecule has 1 atom stereocenters. The van der Waals surface area contributed by atoms with Gasteiger partial charge in [0.15, 0.2) is 0 Å². The molecule has 17 heavy (non-hydrogen) atoms. The third-order valence-corrected chi connectivity index (χ3v) is 3.06. The second-order valence-corrected chi connectivity index (χ2v) is 4.13. The van der Waals surface area contributed by atoms with Crippen LogP contribution in [0.25, 0.3) is 0 Å². The van der Waals surface area contributed by atoms with E-state index in [9.17, 15) is 9.59 Å². The van der Waals surface area contributed by atoms with Crippen LogP contribution in [0.3, 0.4) is 0 Å². The largest absolute Gasteiger partial charge is 0.480 e. The number of morpholine rings is 1. The number of ether oxygens (including phenoxy) is 1. The summed E-state index contributed by atoms with van der Waals surface area (Å²) in [6, 6.07) is -0.957. The van der Waals surface area contributed by atoms with Crippen molar-refractivity contribution in [3.8, 4) is 0 Å². The van der Waals surface area contributed by atoms with Gasteiger partial charge in [-0.3, -0.25) is 0 Å². The number of carbonyl (C=O) groups is 2. The van der Waals surface area contributed by atoms with Crippen molar-refractivity contribution in [3.63, 3.8) is 0 Å². The van der Waals surface area contributed by atoms with E-state index in [2.05, 4.69) is 5.32 Å². The van der Waals surface area contributed by atoms with Crippen molar-refractivity contribution in [2.24, 2.45) is 0 Å². The summed E-state index contributed by atoms with van der Waals surface area (Å²) >= 11 is 0. The minimum Gasteiger partial charge on any atom is -0.480 e. The number of carboxylic acids is 1. The molecule has 0 saturated carbocycles. The van der Waals surface area contributed by atoms with Crippen LogP contribution in [-0.4, -0.2) is 78.9 Å². The van der Waals surface area contributed by atoms with Crippen LogP contribution >= 0.6 is 0 Å². The van der Waals surface area contributed by atoms with Crippen LogP contribution in [0.5, 0.6) is 0 Å². The first-order valence-electron chi connectivity index (χ1n) is 5.77. The molecular formula is C10H17N3O4. The maximum atomic E-state index is 12.2. The molecule has 2 N–H and O–H groups in total. The molecule has 2 aliphatic rings. The number of rotatable bonds is 1. The summed E-state index contributed by atoms with van der Waals surface area (Å²) in [7, 11) is 0. The van der Waals surface area contributed by atoms with E-state index in [1.807, 2.05) is 0 Å². The molecule has 2 rings (SSSR count). The summed E-state index contributed by atoms with van der Waals surface area (Å²) in [4.78, 5) is 26.3. The molecule has 0 bridgehead atoms. The maximum absolute atomic E-state index is 12.2. The zero-order valence-corrected chi connectivity index (χ0v) is 9.59. The Morgan fingerprint density at radius 2 is 1.94 bits per heavy atom. The number of hydrogen-bond donors (Lipinski definition) is 2. The molecule has 0 radical (unpaired) electrons. The fourth-order valence-corrected chi connectivity index (χ4v) is 2.09. The lowest BCUT2D eigenvalue weighted by Crippen LogP contribution is -2.60. The van der Waals surface area contributed by atoms with E-state index in [0.717, 1.165) is 0 Å². The minimum atomic E-state index is -0.959. The highest BCUT2D eigenvalue weighted by Gasteiger charge is 2.34. The Kier molecular flexibility index (Phi) is 3.80. The quantitative estimate of drug-likeness (QED) is 0.604. The highest BCUT2D eigenvalue weighted by Crippen LogP contribution is 2.09. The molecule has 0 spiro atoms. The van der Waals surface area contributed by atoms with Crippen LogP contribution < -0.4 is 5.32 Å². The molecule has 7 nitrogen and oxygen atoms in total. The Hall–Kier alpha value is -1.34. The minimum absolute atomic E-state index is 0.192. The van der Waals surface area contributed by atoms with Gasteiger partial charge < -0.3 is 25.0 Å². The predicted octanol–water partition coefficient (Wildman–Crippen LogP) is -1.20. The summed E-state index contributed by atoms with van der Waals surface area (Å²) in [5.74, 6) is -0.959. The van der Waals surface area contributed by atoms with Crippen molar-refractivity contribution >= 4 is 12.0 Å². The Labute approximate surface area is 99.3 Å². The summed E-state index contributed by atoms with van der Waals surface area (Å²) in [5, 5.41) is 12.1. The van der Waals surface area contributed by atoms with E-state index in [-0.39, 0.29) is 6.03 Å². The smallest absolute Gasteiger partial charge is 0.327 e. The Balaban J connectivity index is 2.02. The first kappa shape index (κ1) is 12.1. The van der Waals surface area contributed by atoms with Crippen molar-refractivity contribution in [3.05, 3.63) is 0 Å². The zero-order valence-electron chi connectivity index (χ0n) is 9.59. The Morgan fingerprint density at radius 3 is 2.59 bits per heavy atom. The molecule has 2 fully saturated rings. The van der Waals surface area contributed by atoms with Crippen molar-refractivity contribution < 1.29 is 19.4 Å². The first-order valence-corrected chi connectivity index (χ1v) is 5.77. The SMILES string of the molecule is O=C(O)C1CNCCN1C(=O)N1CCOCC1. The average Bonchev–Trinajstić information content (AvgIpc) is 2.39. The monoisotopic (exact) mass is 243 g/mol. The standard InChI is InChI=1S/C10H17N3O4/c14-9(15)8-7-11-1-2-13(8)10(16)12-3-5-17-6-4-12/h8,11H,1-7H2,(H,14,15). The van der Waals surface area contributed by atoms with Gasteiger partial charge in [0, 0.05) is 32.7 Å². The zero-order chi connectivity index (χ0) is 12.3. The molecule has 96 valence electrons. The van der Waals surface area contributed by atoms with Gasteiger partial charge in [0.2, 0.25) is 0 Å². The average molecular weight is 243 g/mol. The number of amides is 2. The summed E-state index contributed by atoms with van der Waals surface area (Å²) in [5.41, 5.74) is 0. The van der Waals surface area contributed by atoms with Crippen molar-refractivity contribution in [1.82, 2.24) is 15.1 Å². The molecule has 0 aromatic carbocycles. The molecule has 7 heteroatoms. The molecule has 2 heterocycles. The number of hydrogen-bond acceptors (Lipinski definition) is 4. The fourth-order valence-electron chi connectivity index (χ4n) is 2.09. The van der Waals surface area contributed by atoms with Crippen LogP contribution in [0.4, 0.5) is 4.79 Å². The van der Waals surface area contributed by atoms with Gasteiger partial charge in [0.1, 0.15) is 6.04 Å². The van der Waals surface area contributed by atoms with Gasteiger partial charge in [-0.15, -0.1) is 0 Å². The Bertz CT molecular complexity index is 304. The van der Waals surface area contributed by atoms with Crippen molar-refractivity contribution in [2.45, 2.75) is 6.04 Å². The van der Waals surface area contributed by atoms with E-state index >= 15 is 0 Å². The van der Waals surface area contributed by atoms with Crippen LogP contribution in [-0.2, 0) is 9.53 Å². The number of carboxylic acid groups (broad SMARTS) is 1. The summed E-state index contributed by atoms with van der Waals surface area (Å²) in [6.07, 6.45) is 0. The first-order chi connectivity index (χ1) is 8.20. The number of carbonyl (C=O) groups excluding carboxylic acids is 1. The number of urea groups is 1. The highest BCUT2D eigenvalue weighted by atomic mass is 16.5. The molecule has 0 aliphatic carbocycles. The summed E-state index contributed by atoms with van der Waals surface area (Å²) in [6.45, 7) is 3.51. The Morgan fingerprint density at radius 1 is 1.24 bits per heavy atom. The van der Waals surface area contributed by atoms with E-state index < -0.39 is 12.0 Å². The van der Waals surface area contributed by atoms with Crippen molar-refractivity contribution in [2.75, 3.05) is 45.9 Å². The number of aliphatic carboxylic acids is 1. The molecule has 2 saturated heterocycles. The third-order valence-electron chi connectivity index (χ3n) is 3.06. The lowest BCUT2D eigenvalue weighted by Gasteiger charge is -2.38. The van der Waals surface area contributed by atoms with Gasteiger partial charge in [-0.1, -0.05) is 0 Å². The molecule has 2 amide bonds. The van der Waals surface area contributed by atoms with Crippen LogP contribution in [0.15, 0.2) is 0 Å². The van der Waals surface area contributed by atoms with E-state index in [0.29, 0.717) is 45.9 Å². The van der Waals surface area contributed by atoms with Gasteiger partial charge in [-0.05, 0) is 0 Å². The predicted molar refractivity (Wildman–Crippen MR) is 58.8 cm³/mol. The highest BCUT2D eigenvalue weighted by molar-refractivity contribution is 5.83. The molecule has 1 unspecified atom stereocenters. The number of piperazine rings is 1. The van der Waals surface area contributed by atoms with E-state index in [1.165, 1.54) is 4.90 Å². The van der Waals surface area contributed by atoms with Gasteiger partial charge in [0.05, 0.1) is 13.2 Å². The van der Waals surface area contributed by atoms with Gasteiger partial charge in [-0.2, -0.15) is 0 Å². The molecule has 0 aromatic rings. The normalized spacial score (nSPS) is 25.8. The number of nitrogens with zero attached hydrogens (tertiary/aromatic N) is 2. The lowest BCUT2D eigenvalue weighted by atomic mass is 10.2. The van der Waals surface area contributed by atoms with Gasteiger partial charge in [-0.25, -0.2) is 9.59 Å². The fraction of sp³-hybridized carbons (Fsp3) is 0.800. The van der Waals surface area contributed by atoms with Crippen LogP contribution in [0.1, 0.15) is 0 Å². The lowest BCUT2D eigenvalue weighted by molar-refractivity contribution is -0.143. The third kappa shape index (κ3) is 2.67. The van der Waals surface area contributed by atoms with E-state index in [4.69, 9.17) is 9.84 Å². The van der Waals surface area contributed by atoms with Crippen LogP contribution in [0.2, 0.25) is 0 Å². The van der Waals surface area contributed by atoms with Gasteiger partial charge in [0.25, 0.3) is 0 Å². The van der Waals surface area contributed by atoms with Crippen molar-refractivity contribution in [1.29, 1.82) is 0 Å². The van der Waals surface area contributed by atoms with E-state index in [1.54, 1.807) is 4.90 Å². The number of nitrogens with one attached hydrogen (secondary N) is 1. The molecule has 0 aromatic heterocycles. The topological polar surface area (TPSA) is 82.1 Å². The van der Waals surface area contributed by atoms with Gasteiger partial charge >= 0.3 is 12.0 Å². The molecule has 2 aliphatic heterocycles. The second kappa shape index (κ2) is 5.33. The second-order valence-electron chi connectivity index (χ2n) is 4.13. The summed E-state index contributed by atoms with van der Waals surface area (Å²) < 4.78 is 5.17. The van der Waals surface area contributed by atoms with Crippen LogP contribution in [0, 0.1) is 0 Å². The maximum Gasteiger partial charge on any atom is 0.327 e. The molecular weight excluding hydrogens is 226 g/mol.